The first-order chi connectivity index (χ1) is 10.1. The molecule has 0 bridgehead atoms. The summed E-state index contributed by atoms with van der Waals surface area (Å²) in [5.41, 5.74) is 0.525. The summed E-state index contributed by atoms with van der Waals surface area (Å²) in [4.78, 5) is 25.7. The fourth-order valence-corrected chi connectivity index (χ4v) is 2.52. The molecule has 2 rings (SSSR count). The first-order valence-electron chi connectivity index (χ1n) is 6.74. The molecular weight excluding hydrogens is 274 g/mol. The molecule has 0 aromatic heterocycles. The van der Waals surface area contributed by atoms with E-state index in [2.05, 4.69) is 0 Å². The lowest BCUT2D eigenvalue weighted by atomic mass is 10.00. The second kappa shape index (κ2) is 6.47. The van der Waals surface area contributed by atoms with Crippen molar-refractivity contribution in [2.75, 3.05) is 26.2 Å². The van der Waals surface area contributed by atoms with E-state index in [0.717, 1.165) is 0 Å². The Morgan fingerprint density at radius 2 is 2.00 bits per heavy atom. The molecule has 0 aliphatic carbocycles. The standard InChI is InChI=1S/C15H19NO5/c1-19-10-7-8-13(20-2)12(9-10)16-11(15(18)21-3)5-4-6-14(16)17/h7-9,11H,4-6H2,1-3H3. The molecule has 1 aromatic carbocycles. The van der Waals surface area contributed by atoms with Gasteiger partial charge in [0.1, 0.15) is 17.5 Å². The van der Waals surface area contributed by atoms with E-state index in [1.807, 2.05) is 0 Å². The minimum absolute atomic E-state index is 0.122. The van der Waals surface area contributed by atoms with Crippen LogP contribution in [-0.4, -0.2) is 39.2 Å². The van der Waals surface area contributed by atoms with Crippen molar-refractivity contribution in [3.8, 4) is 11.5 Å². The molecule has 0 saturated carbocycles. The number of nitrogens with zero attached hydrogens (tertiary/aromatic N) is 1. The van der Waals surface area contributed by atoms with E-state index in [9.17, 15) is 9.59 Å². The van der Waals surface area contributed by atoms with Crippen LogP contribution in [0.1, 0.15) is 19.3 Å². The third-order valence-corrected chi connectivity index (χ3v) is 3.57. The van der Waals surface area contributed by atoms with Crippen molar-refractivity contribution in [1.82, 2.24) is 0 Å². The summed E-state index contributed by atoms with van der Waals surface area (Å²) in [7, 11) is 4.39. The van der Waals surface area contributed by atoms with Gasteiger partial charge in [-0.25, -0.2) is 4.79 Å². The Morgan fingerprint density at radius 3 is 2.62 bits per heavy atom. The van der Waals surface area contributed by atoms with E-state index < -0.39 is 12.0 Å². The van der Waals surface area contributed by atoms with Gasteiger partial charge in [-0.1, -0.05) is 0 Å². The van der Waals surface area contributed by atoms with Gasteiger partial charge in [0, 0.05) is 12.5 Å². The van der Waals surface area contributed by atoms with Crippen LogP contribution in [0.3, 0.4) is 0 Å². The fourth-order valence-electron chi connectivity index (χ4n) is 2.52. The molecular formula is C15H19NO5. The zero-order valence-corrected chi connectivity index (χ0v) is 12.4. The van der Waals surface area contributed by atoms with E-state index in [4.69, 9.17) is 14.2 Å². The Hall–Kier alpha value is -2.24. The lowest BCUT2D eigenvalue weighted by Gasteiger charge is -2.34. The number of carbonyl (C=O) groups excluding carboxylic acids is 2. The number of benzene rings is 1. The third-order valence-electron chi connectivity index (χ3n) is 3.57. The molecule has 114 valence electrons. The summed E-state index contributed by atoms with van der Waals surface area (Å²) >= 11 is 0. The number of rotatable bonds is 4. The van der Waals surface area contributed by atoms with Gasteiger partial charge in [0.15, 0.2) is 0 Å². The maximum atomic E-state index is 12.3. The number of amides is 1. The van der Waals surface area contributed by atoms with Gasteiger partial charge in [-0.3, -0.25) is 9.69 Å². The van der Waals surface area contributed by atoms with Crippen LogP contribution >= 0.6 is 0 Å². The van der Waals surface area contributed by atoms with E-state index in [1.165, 1.54) is 19.1 Å². The third kappa shape index (κ3) is 2.94. The van der Waals surface area contributed by atoms with Gasteiger partial charge < -0.3 is 14.2 Å². The molecule has 1 aliphatic heterocycles. The summed E-state index contributed by atoms with van der Waals surface area (Å²) in [6.45, 7) is 0. The predicted molar refractivity (Wildman–Crippen MR) is 76.7 cm³/mol. The van der Waals surface area contributed by atoms with E-state index in [1.54, 1.807) is 25.3 Å². The number of carbonyl (C=O) groups is 2. The molecule has 0 spiro atoms. The largest absolute Gasteiger partial charge is 0.497 e. The predicted octanol–water partition coefficient (Wildman–Crippen LogP) is 1.76. The molecule has 6 heteroatoms. The van der Waals surface area contributed by atoms with E-state index in [0.29, 0.717) is 36.4 Å². The molecule has 1 aliphatic rings. The fraction of sp³-hybridized carbons (Fsp3) is 0.467. The summed E-state index contributed by atoms with van der Waals surface area (Å²) in [6, 6.07) is 4.52. The van der Waals surface area contributed by atoms with Gasteiger partial charge in [-0.2, -0.15) is 0 Å². The zero-order chi connectivity index (χ0) is 15.4. The Bertz CT molecular complexity index is 543. The highest BCUT2D eigenvalue weighted by Crippen LogP contribution is 2.36. The second-order valence-electron chi connectivity index (χ2n) is 4.73. The van der Waals surface area contributed by atoms with Gasteiger partial charge in [0.05, 0.1) is 27.0 Å². The van der Waals surface area contributed by atoms with Crippen LogP contribution in [0.5, 0.6) is 11.5 Å². The van der Waals surface area contributed by atoms with Crippen molar-refractivity contribution in [2.24, 2.45) is 0 Å². The van der Waals surface area contributed by atoms with E-state index >= 15 is 0 Å². The average molecular weight is 293 g/mol. The quantitative estimate of drug-likeness (QED) is 0.791. The van der Waals surface area contributed by atoms with Crippen molar-refractivity contribution in [1.29, 1.82) is 0 Å². The molecule has 1 unspecified atom stereocenters. The number of ether oxygens (including phenoxy) is 3. The van der Waals surface area contributed by atoms with Crippen LogP contribution in [0.2, 0.25) is 0 Å². The molecule has 1 heterocycles. The lowest BCUT2D eigenvalue weighted by molar-refractivity contribution is -0.144. The van der Waals surface area contributed by atoms with Crippen molar-refractivity contribution in [2.45, 2.75) is 25.3 Å². The highest BCUT2D eigenvalue weighted by atomic mass is 16.5. The van der Waals surface area contributed by atoms with Crippen molar-refractivity contribution in [3.63, 3.8) is 0 Å². The Kier molecular flexibility index (Phi) is 4.67. The Morgan fingerprint density at radius 1 is 1.24 bits per heavy atom. The smallest absolute Gasteiger partial charge is 0.328 e. The normalized spacial score (nSPS) is 18.3. The van der Waals surface area contributed by atoms with Gasteiger partial charge in [-0.15, -0.1) is 0 Å². The average Bonchev–Trinajstić information content (AvgIpc) is 2.53. The van der Waals surface area contributed by atoms with E-state index in [-0.39, 0.29) is 5.91 Å². The maximum absolute atomic E-state index is 12.3. The molecule has 21 heavy (non-hydrogen) atoms. The van der Waals surface area contributed by atoms with Crippen molar-refractivity contribution < 1.29 is 23.8 Å². The summed E-state index contributed by atoms with van der Waals surface area (Å²) in [6.07, 6.45) is 1.63. The van der Waals surface area contributed by atoms with Crippen LogP contribution in [0, 0.1) is 0 Å². The number of methoxy groups -OCH3 is 3. The lowest BCUT2D eigenvalue weighted by Crippen LogP contribution is -2.48. The molecule has 1 fully saturated rings. The maximum Gasteiger partial charge on any atom is 0.328 e. The first kappa shape index (κ1) is 15.2. The van der Waals surface area contributed by atoms with Crippen LogP contribution in [0.25, 0.3) is 0 Å². The number of anilines is 1. The van der Waals surface area contributed by atoms with Crippen LogP contribution in [0.4, 0.5) is 5.69 Å². The van der Waals surface area contributed by atoms with Crippen LogP contribution in [0.15, 0.2) is 18.2 Å². The van der Waals surface area contributed by atoms with Gasteiger partial charge in [0.2, 0.25) is 5.91 Å². The number of hydrogen-bond donors (Lipinski definition) is 0. The van der Waals surface area contributed by atoms with Crippen molar-refractivity contribution >= 4 is 17.6 Å². The summed E-state index contributed by atoms with van der Waals surface area (Å²) in [5, 5.41) is 0. The van der Waals surface area contributed by atoms with Crippen LogP contribution < -0.4 is 14.4 Å². The minimum atomic E-state index is -0.628. The molecule has 1 aromatic rings. The SMILES string of the molecule is COC(=O)C1CCCC(=O)N1c1cc(OC)ccc1OC. The molecule has 1 atom stereocenters. The Balaban J connectivity index is 2.48. The second-order valence-corrected chi connectivity index (χ2v) is 4.73. The van der Waals surface area contributed by atoms with Gasteiger partial charge in [0.25, 0.3) is 0 Å². The molecule has 1 saturated heterocycles. The van der Waals surface area contributed by atoms with Crippen molar-refractivity contribution in [3.05, 3.63) is 18.2 Å². The molecule has 6 nitrogen and oxygen atoms in total. The summed E-state index contributed by atoms with van der Waals surface area (Å²) in [5.74, 6) is 0.559. The topological polar surface area (TPSA) is 65.1 Å². The number of hydrogen-bond acceptors (Lipinski definition) is 5. The highest BCUT2D eigenvalue weighted by molar-refractivity contribution is 6.01. The Labute approximate surface area is 123 Å². The highest BCUT2D eigenvalue weighted by Gasteiger charge is 2.36. The first-order valence-corrected chi connectivity index (χ1v) is 6.74. The number of piperidine rings is 1. The minimum Gasteiger partial charge on any atom is -0.497 e. The monoisotopic (exact) mass is 293 g/mol. The molecule has 0 radical (unpaired) electrons. The number of esters is 1. The van der Waals surface area contributed by atoms with Gasteiger partial charge in [-0.05, 0) is 25.0 Å². The van der Waals surface area contributed by atoms with Crippen LogP contribution in [-0.2, 0) is 14.3 Å². The molecule has 1 amide bonds. The van der Waals surface area contributed by atoms with Gasteiger partial charge >= 0.3 is 5.97 Å². The molecule has 0 N–H and O–H groups in total. The summed E-state index contributed by atoms with van der Waals surface area (Å²) < 4.78 is 15.3. The zero-order valence-electron chi connectivity index (χ0n) is 12.4.